The van der Waals surface area contributed by atoms with Gasteiger partial charge in [0, 0.05) is 9.92 Å². The highest BCUT2D eigenvalue weighted by atomic mass is 35.5. The number of hydrogen-bond acceptors (Lipinski definition) is 3. The fourth-order valence-electron chi connectivity index (χ4n) is 1.78. The number of rotatable bonds is 3. The third-order valence-corrected chi connectivity index (χ3v) is 5.07. The number of carbonyl (C=O) groups is 1. The van der Waals surface area contributed by atoms with Crippen LogP contribution < -0.4 is 5.73 Å². The lowest BCUT2D eigenvalue weighted by molar-refractivity contribution is 0.0993. The van der Waals surface area contributed by atoms with Crippen molar-refractivity contribution in [3.8, 4) is 0 Å². The third kappa shape index (κ3) is 2.36. The second-order valence-electron chi connectivity index (χ2n) is 3.91. The van der Waals surface area contributed by atoms with Crippen LogP contribution in [0, 0.1) is 0 Å². The van der Waals surface area contributed by atoms with E-state index in [9.17, 15) is 4.79 Å². The maximum atomic E-state index is 11.5. The number of H-pyrrole nitrogens is 1. The summed E-state index contributed by atoms with van der Waals surface area (Å²) in [6, 6.07) is 9.44. The molecule has 2 heterocycles. The molecule has 96 valence electrons. The van der Waals surface area contributed by atoms with Crippen LogP contribution in [0.25, 0.3) is 10.2 Å². The Morgan fingerprint density at radius 1 is 1.26 bits per heavy atom. The van der Waals surface area contributed by atoms with E-state index in [-0.39, 0.29) is 0 Å². The molecule has 1 amide bonds. The third-order valence-electron chi connectivity index (χ3n) is 2.64. The molecule has 0 fully saturated rings. The first-order valence-corrected chi connectivity index (χ1v) is 7.55. The van der Waals surface area contributed by atoms with Gasteiger partial charge in [-0.2, -0.15) is 0 Å². The number of hydrogen-bond donors (Lipinski definition) is 2. The molecule has 0 bridgehead atoms. The average molecular weight is 309 g/mol. The molecule has 0 saturated carbocycles. The lowest BCUT2D eigenvalue weighted by Crippen LogP contribution is -2.12. The molecule has 0 aliphatic carbocycles. The van der Waals surface area contributed by atoms with Crippen molar-refractivity contribution in [2.24, 2.45) is 5.73 Å². The van der Waals surface area contributed by atoms with Crippen LogP contribution in [0.15, 0.2) is 45.5 Å². The van der Waals surface area contributed by atoms with Gasteiger partial charge >= 0.3 is 0 Å². The summed E-state index contributed by atoms with van der Waals surface area (Å²) in [6.45, 7) is 0. The van der Waals surface area contributed by atoms with E-state index in [4.69, 9.17) is 17.3 Å². The molecule has 1 aromatic carbocycles. The number of carbonyl (C=O) groups excluding carboxylic acids is 1. The summed E-state index contributed by atoms with van der Waals surface area (Å²) in [6.07, 6.45) is 0. The fraction of sp³-hybridized carbons (Fsp3) is 0. The number of nitrogens with two attached hydrogens (primary N) is 1. The monoisotopic (exact) mass is 308 g/mol. The van der Waals surface area contributed by atoms with Gasteiger partial charge in [0.05, 0.1) is 15.1 Å². The zero-order chi connectivity index (χ0) is 13.4. The fourth-order valence-corrected chi connectivity index (χ4v) is 3.93. The van der Waals surface area contributed by atoms with Crippen LogP contribution in [0.4, 0.5) is 0 Å². The maximum Gasteiger partial charge on any atom is 0.266 e. The molecule has 0 radical (unpaired) electrons. The molecule has 6 heteroatoms. The number of benzene rings is 1. The molecular weight excluding hydrogens is 300 g/mol. The number of primary amides is 1. The quantitative estimate of drug-likeness (QED) is 0.764. The number of halogens is 1. The van der Waals surface area contributed by atoms with Crippen molar-refractivity contribution in [2.75, 3.05) is 0 Å². The number of aromatic nitrogens is 1. The van der Waals surface area contributed by atoms with Gasteiger partial charge in [0.15, 0.2) is 0 Å². The number of amides is 1. The zero-order valence-electron chi connectivity index (χ0n) is 9.64. The predicted octanol–water partition coefficient (Wildman–Crippen LogP) is 4.13. The average Bonchev–Trinajstić information content (AvgIpc) is 2.94. The molecule has 2 aromatic heterocycles. The molecule has 0 saturated heterocycles. The van der Waals surface area contributed by atoms with Crippen LogP contribution in [0.1, 0.15) is 10.5 Å². The number of aromatic amines is 1. The SMILES string of the molecule is NC(=O)c1[nH]c2ccsc2c1Sc1ccc(Cl)cc1. The van der Waals surface area contributed by atoms with E-state index >= 15 is 0 Å². The van der Waals surface area contributed by atoms with Crippen molar-refractivity contribution in [1.29, 1.82) is 0 Å². The van der Waals surface area contributed by atoms with E-state index < -0.39 is 5.91 Å². The molecule has 0 aliphatic heterocycles. The summed E-state index contributed by atoms with van der Waals surface area (Å²) >= 11 is 8.97. The van der Waals surface area contributed by atoms with Crippen LogP contribution >= 0.6 is 34.7 Å². The highest BCUT2D eigenvalue weighted by Gasteiger charge is 2.17. The van der Waals surface area contributed by atoms with Gasteiger partial charge in [0.1, 0.15) is 5.69 Å². The topological polar surface area (TPSA) is 58.9 Å². The normalized spacial score (nSPS) is 11.0. The van der Waals surface area contributed by atoms with Gasteiger partial charge in [-0.15, -0.1) is 11.3 Å². The molecule has 0 spiro atoms. The van der Waals surface area contributed by atoms with Gasteiger partial charge in [-0.1, -0.05) is 23.4 Å². The zero-order valence-corrected chi connectivity index (χ0v) is 12.0. The van der Waals surface area contributed by atoms with Gasteiger partial charge in [0.25, 0.3) is 5.91 Å². The van der Waals surface area contributed by atoms with Crippen LogP contribution in [0.3, 0.4) is 0 Å². The Balaban J connectivity index is 2.07. The highest BCUT2D eigenvalue weighted by Crippen LogP contribution is 2.39. The summed E-state index contributed by atoms with van der Waals surface area (Å²) in [4.78, 5) is 16.4. The smallest absolute Gasteiger partial charge is 0.266 e. The van der Waals surface area contributed by atoms with Crippen molar-refractivity contribution in [3.05, 3.63) is 46.4 Å². The van der Waals surface area contributed by atoms with E-state index in [0.717, 1.165) is 20.0 Å². The predicted molar refractivity (Wildman–Crippen MR) is 80.3 cm³/mol. The maximum absolute atomic E-state index is 11.5. The number of thiophene rings is 1. The lowest BCUT2D eigenvalue weighted by Gasteiger charge is -2.02. The first-order chi connectivity index (χ1) is 9.15. The van der Waals surface area contributed by atoms with E-state index in [1.807, 2.05) is 35.7 Å². The molecule has 3 N–H and O–H groups in total. The first kappa shape index (κ1) is 12.6. The minimum atomic E-state index is -0.445. The Hall–Kier alpha value is -1.43. The summed E-state index contributed by atoms with van der Waals surface area (Å²) in [5.74, 6) is -0.445. The standard InChI is InChI=1S/C13H9ClN2OS2/c14-7-1-3-8(4-2-7)19-12-10(13(15)17)16-9-5-6-18-11(9)12/h1-6,16H,(H2,15,17). The minimum Gasteiger partial charge on any atom is -0.364 e. The summed E-state index contributed by atoms with van der Waals surface area (Å²) < 4.78 is 1.05. The van der Waals surface area contributed by atoms with E-state index in [1.165, 1.54) is 11.8 Å². The largest absolute Gasteiger partial charge is 0.364 e. The summed E-state index contributed by atoms with van der Waals surface area (Å²) in [7, 11) is 0. The number of nitrogens with one attached hydrogen (secondary N) is 1. The van der Waals surface area contributed by atoms with E-state index in [2.05, 4.69) is 4.98 Å². The van der Waals surface area contributed by atoms with Crippen LogP contribution in [-0.2, 0) is 0 Å². The van der Waals surface area contributed by atoms with Crippen molar-refractivity contribution >= 4 is 50.8 Å². The molecule has 3 rings (SSSR count). The second kappa shape index (κ2) is 4.92. The molecule has 19 heavy (non-hydrogen) atoms. The Kier molecular flexibility index (Phi) is 3.26. The first-order valence-electron chi connectivity index (χ1n) is 5.47. The van der Waals surface area contributed by atoms with Crippen molar-refractivity contribution in [1.82, 2.24) is 4.98 Å². The number of fused-ring (bicyclic) bond motifs is 1. The lowest BCUT2D eigenvalue weighted by atomic mass is 10.4. The van der Waals surface area contributed by atoms with Crippen LogP contribution in [0.5, 0.6) is 0 Å². The molecule has 0 atom stereocenters. The second-order valence-corrected chi connectivity index (χ2v) is 6.35. The van der Waals surface area contributed by atoms with Crippen molar-refractivity contribution < 1.29 is 4.79 Å². The molecule has 3 aromatic rings. The molecular formula is C13H9ClN2OS2. The van der Waals surface area contributed by atoms with Gasteiger partial charge in [-0.25, -0.2) is 0 Å². The Morgan fingerprint density at radius 2 is 2.00 bits per heavy atom. The minimum absolute atomic E-state index is 0.445. The van der Waals surface area contributed by atoms with Gasteiger partial charge < -0.3 is 10.7 Å². The molecule has 0 aliphatic rings. The van der Waals surface area contributed by atoms with Crippen LogP contribution in [0.2, 0.25) is 5.02 Å². The molecule has 0 unspecified atom stereocenters. The summed E-state index contributed by atoms with van der Waals surface area (Å²) in [5.41, 5.74) is 6.82. The summed E-state index contributed by atoms with van der Waals surface area (Å²) in [5, 5.41) is 2.67. The van der Waals surface area contributed by atoms with Crippen LogP contribution in [-0.4, -0.2) is 10.9 Å². The highest BCUT2D eigenvalue weighted by molar-refractivity contribution is 7.99. The van der Waals surface area contributed by atoms with Crippen molar-refractivity contribution in [3.63, 3.8) is 0 Å². The van der Waals surface area contributed by atoms with Gasteiger partial charge in [-0.3, -0.25) is 4.79 Å². The Morgan fingerprint density at radius 3 is 2.68 bits per heavy atom. The van der Waals surface area contributed by atoms with Gasteiger partial charge in [0.2, 0.25) is 0 Å². The van der Waals surface area contributed by atoms with Gasteiger partial charge in [-0.05, 0) is 35.7 Å². The Labute approximate surface area is 122 Å². The van der Waals surface area contributed by atoms with Crippen molar-refractivity contribution in [2.45, 2.75) is 9.79 Å². The van der Waals surface area contributed by atoms with E-state index in [1.54, 1.807) is 11.3 Å². The Bertz CT molecular complexity index is 746. The van der Waals surface area contributed by atoms with E-state index in [0.29, 0.717) is 10.7 Å². The molecule has 3 nitrogen and oxygen atoms in total.